The van der Waals surface area contributed by atoms with E-state index in [-0.39, 0.29) is 100 Å². The molecular formula is C66H126O8S5Sn2. The van der Waals surface area contributed by atoms with Crippen LogP contribution in [0.2, 0.25) is 0 Å². The van der Waals surface area contributed by atoms with E-state index in [4.69, 9.17) is 69.5 Å². The molecule has 0 aromatic carbocycles. The summed E-state index contributed by atoms with van der Waals surface area (Å²) in [4.78, 5) is 44.7. The van der Waals surface area contributed by atoms with Gasteiger partial charge in [-0.25, -0.2) is 0 Å². The van der Waals surface area contributed by atoms with Crippen LogP contribution in [0.15, 0.2) is 48.6 Å². The third kappa shape index (κ3) is 105. The first-order valence-electron chi connectivity index (χ1n) is 30.8. The van der Waals surface area contributed by atoms with Gasteiger partial charge in [0.2, 0.25) is 0 Å². The fourth-order valence-corrected chi connectivity index (χ4v) is 8.04. The Kier molecular flexibility index (Phi) is 119. The topological polar surface area (TPSA) is 105 Å². The monoisotopic (exact) mass is 1450 g/mol. The van der Waals surface area contributed by atoms with Crippen LogP contribution >= 0.6 is 13.5 Å². The second-order valence-corrected chi connectivity index (χ2v) is 20.9. The molecule has 4 radical (unpaired) electrons. The maximum Gasteiger partial charge on any atom is 2.00 e. The van der Waals surface area contributed by atoms with Crippen molar-refractivity contribution in [2.24, 2.45) is 0 Å². The number of hydrogen-bond acceptors (Lipinski definition) is 12. The summed E-state index contributed by atoms with van der Waals surface area (Å²) in [5.41, 5.74) is 0. The summed E-state index contributed by atoms with van der Waals surface area (Å²) in [6.45, 7) is 10.2. The van der Waals surface area contributed by atoms with E-state index in [0.717, 1.165) is 77.0 Å². The largest absolute Gasteiger partial charge is 2.00 e. The molecule has 0 N–H and O–H groups in total. The molecule has 0 aliphatic heterocycles. The van der Waals surface area contributed by atoms with Crippen molar-refractivity contribution in [3.8, 4) is 0 Å². The molecule has 0 aromatic heterocycles. The van der Waals surface area contributed by atoms with E-state index in [1.165, 1.54) is 154 Å². The van der Waals surface area contributed by atoms with Gasteiger partial charge in [-0.05, 0) is 103 Å². The second-order valence-electron chi connectivity index (χ2n) is 19.3. The number of allylic oxidation sites excluding steroid dienone is 8. The molecule has 15 heteroatoms. The zero-order chi connectivity index (χ0) is 56.7. The average molecular weight is 1450 g/mol. The fourth-order valence-electron chi connectivity index (χ4n) is 7.71. The van der Waals surface area contributed by atoms with Gasteiger partial charge in [-0.1, -0.05) is 220 Å². The van der Waals surface area contributed by atoms with Gasteiger partial charge in [0, 0.05) is 25.7 Å². The van der Waals surface area contributed by atoms with Crippen LogP contribution in [0.3, 0.4) is 0 Å². The van der Waals surface area contributed by atoms with Crippen LogP contribution in [-0.2, 0) is 88.6 Å². The first-order chi connectivity index (χ1) is 37.2. The van der Waals surface area contributed by atoms with Gasteiger partial charge in [0.05, 0.1) is 26.4 Å². The maximum atomic E-state index is 11.2. The standard InChI is InChI=1S/4C16H30O2S.2CH4.H2S.2Sn/c4*1-2-3-4-5-6-7-8-9-10-11-12-13-16(17)18-14-15-19;;;;;/h4*3-4,19H,2,5-15H2,1H3;2*1H4;1H2;;/q;;;;;;;2*+2/p-4/b4*4-3+;;;;;. The predicted molar refractivity (Wildman–Crippen MR) is 372 cm³/mol. The summed E-state index contributed by atoms with van der Waals surface area (Å²) in [7, 11) is 0. The SMILES string of the molecule is C.C.CC/C=C/CCCCCCCCCC(=O)OCC[S-].CC/C=C/CCCCCCCCCC(=O)OCC[S-].CC/C=C/CCCCCCCCCC(=O)OCC[S-].CC/C=C/CCCCCCCCCC(=O)OCC[S-].S.[Sn+2].[Sn+2]. The van der Waals surface area contributed by atoms with E-state index in [1.54, 1.807) is 0 Å². The number of unbranched alkanes of at least 4 members (excludes halogenated alkanes) is 28. The quantitative estimate of drug-likeness (QED) is 0.0145. The van der Waals surface area contributed by atoms with Gasteiger partial charge in [-0.3, -0.25) is 19.2 Å². The average Bonchev–Trinajstić information content (AvgIpc) is 3.42. The summed E-state index contributed by atoms with van der Waals surface area (Å²) in [6.07, 6.45) is 64.1. The van der Waals surface area contributed by atoms with Crippen molar-refractivity contribution in [2.75, 3.05) is 49.4 Å². The molecule has 8 nitrogen and oxygen atoms in total. The Labute approximate surface area is 566 Å². The fraction of sp³-hybridized carbons (Fsp3) is 0.818. The summed E-state index contributed by atoms with van der Waals surface area (Å²) in [5, 5.41) is 0. The minimum absolute atomic E-state index is 0. The summed E-state index contributed by atoms with van der Waals surface area (Å²) < 4.78 is 19.7. The Morgan fingerprint density at radius 3 is 0.568 bits per heavy atom. The Morgan fingerprint density at radius 2 is 0.420 bits per heavy atom. The van der Waals surface area contributed by atoms with Gasteiger partial charge in [-0.15, -0.1) is 23.0 Å². The zero-order valence-electron chi connectivity index (χ0n) is 51.0. The minimum Gasteiger partial charge on any atom is -0.789 e. The molecule has 81 heavy (non-hydrogen) atoms. The van der Waals surface area contributed by atoms with Crippen LogP contribution in [0.25, 0.3) is 0 Å². The first-order valence-corrected chi connectivity index (χ1v) is 33.1. The van der Waals surface area contributed by atoms with Crippen LogP contribution in [0, 0.1) is 0 Å². The second kappa shape index (κ2) is 96.5. The van der Waals surface area contributed by atoms with E-state index in [1.807, 2.05) is 0 Å². The Balaban J connectivity index is -0.000000119. The number of carbonyl (C=O) groups is 4. The molecule has 0 saturated carbocycles. The van der Waals surface area contributed by atoms with E-state index >= 15 is 0 Å². The molecule has 0 aliphatic rings. The van der Waals surface area contributed by atoms with Crippen LogP contribution < -0.4 is 0 Å². The molecule has 0 rings (SSSR count). The third-order valence-corrected chi connectivity index (χ3v) is 12.7. The molecule has 476 valence electrons. The van der Waals surface area contributed by atoms with Crippen molar-refractivity contribution in [3.63, 3.8) is 0 Å². The van der Waals surface area contributed by atoms with Crippen LogP contribution in [0.4, 0.5) is 0 Å². The van der Waals surface area contributed by atoms with Crippen molar-refractivity contribution in [1.82, 2.24) is 0 Å². The van der Waals surface area contributed by atoms with Crippen molar-refractivity contribution < 1.29 is 38.1 Å². The summed E-state index contributed by atoms with van der Waals surface area (Å²) >= 11 is 18.9. The molecule has 0 spiro atoms. The molecule has 0 atom stereocenters. The molecule has 0 heterocycles. The van der Waals surface area contributed by atoms with Crippen molar-refractivity contribution >= 4 is 136 Å². The number of rotatable bonds is 52. The number of esters is 4. The van der Waals surface area contributed by atoms with Gasteiger partial charge in [-0.2, -0.15) is 13.5 Å². The maximum absolute atomic E-state index is 11.2. The molecule has 0 saturated heterocycles. The zero-order valence-corrected chi connectivity index (χ0v) is 60.9. The van der Waals surface area contributed by atoms with Gasteiger partial charge >= 0.3 is 71.7 Å². The van der Waals surface area contributed by atoms with Crippen LogP contribution in [-0.4, -0.2) is 121 Å². The smallest absolute Gasteiger partial charge is 0.789 e. The molecule has 0 bridgehead atoms. The summed E-state index contributed by atoms with van der Waals surface area (Å²) in [6, 6.07) is 0. The Bertz CT molecular complexity index is 1120. The third-order valence-electron chi connectivity index (χ3n) is 12.0. The van der Waals surface area contributed by atoms with Crippen LogP contribution in [0.1, 0.15) is 299 Å². The van der Waals surface area contributed by atoms with Gasteiger partial charge in [0.1, 0.15) is 0 Å². The molecule has 0 aliphatic carbocycles. The van der Waals surface area contributed by atoms with Gasteiger partial charge < -0.3 is 69.5 Å². The molecular weight excluding hydrogens is 1320 g/mol. The molecule has 0 unspecified atom stereocenters. The van der Waals surface area contributed by atoms with Crippen molar-refractivity contribution in [3.05, 3.63) is 48.6 Å². The van der Waals surface area contributed by atoms with Crippen molar-refractivity contribution in [2.45, 2.75) is 299 Å². The first kappa shape index (κ1) is 100. The Morgan fingerprint density at radius 1 is 0.272 bits per heavy atom. The van der Waals surface area contributed by atoms with E-state index < -0.39 is 0 Å². The van der Waals surface area contributed by atoms with Crippen molar-refractivity contribution in [1.29, 1.82) is 0 Å². The van der Waals surface area contributed by atoms with E-state index in [9.17, 15) is 19.2 Å². The molecule has 0 aromatic rings. The molecule has 0 fully saturated rings. The normalized spacial score (nSPS) is 10.4. The number of hydrogen-bond donors (Lipinski definition) is 0. The Hall–Kier alpha value is 0.187. The van der Waals surface area contributed by atoms with Gasteiger partial charge in [0.25, 0.3) is 0 Å². The number of carbonyl (C=O) groups excluding carboxylic acids is 4. The van der Waals surface area contributed by atoms with E-state index in [0.29, 0.717) is 75.1 Å². The van der Waals surface area contributed by atoms with Gasteiger partial charge in [0.15, 0.2) is 0 Å². The molecule has 0 amide bonds. The summed E-state index contributed by atoms with van der Waals surface area (Å²) in [5.74, 6) is 1.64. The predicted octanol–water partition coefficient (Wildman–Crippen LogP) is 18.8. The minimum atomic E-state index is -0.0902. The van der Waals surface area contributed by atoms with Crippen LogP contribution in [0.5, 0.6) is 0 Å². The van der Waals surface area contributed by atoms with E-state index in [2.05, 4.69) is 76.3 Å². The number of ether oxygens (including phenoxy) is 4.